The average Bonchev–Trinajstić information content (AvgIpc) is 2.53. The minimum Gasteiger partial charge on any atom is -0.355 e. The third-order valence-electron chi connectivity index (χ3n) is 4.46. The summed E-state index contributed by atoms with van der Waals surface area (Å²) in [4.78, 5) is 9.55. The Labute approximate surface area is 126 Å². The highest BCUT2D eigenvalue weighted by Gasteiger charge is 2.23. The molecule has 112 valence electrons. The van der Waals surface area contributed by atoms with E-state index >= 15 is 0 Å². The highest BCUT2D eigenvalue weighted by Crippen LogP contribution is 2.28. The van der Waals surface area contributed by atoms with Crippen molar-refractivity contribution in [1.29, 1.82) is 0 Å². The molecule has 1 atom stereocenters. The van der Waals surface area contributed by atoms with Crippen LogP contribution >= 0.6 is 0 Å². The molecule has 1 saturated heterocycles. The number of nitrogens with two attached hydrogens (primary N) is 1. The zero-order chi connectivity index (χ0) is 14.8. The Morgan fingerprint density at radius 3 is 2.95 bits per heavy atom. The van der Waals surface area contributed by atoms with Crippen LogP contribution in [-0.2, 0) is 6.54 Å². The van der Waals surface area contributed by atoms with Crippen LogP contribution in [-0.4, -0.2) is 43.1 Å². The maximum atomic E-state index is 5.82. The van der Waals surface area contributed by atoms with Gasteiger partial charge < -0.3 is 15.5 Å². The van der Waals surface area contributed by atoms with E-state index < -0.39 is 0 Å². The summed E-state index contributed by atoms with van der Waals surface area (Å²) in [5.41, 5.74) is 6.78. The van der Waals surface area contributed by atoms with Gasteiger partial charge in [0.05, 0.1) is 5.69 Å². The minimum absolute atomic E-state index is 0.482. The van der Waals surface area contributed by atoms with Crippen LogP contribution in [0.2, 0.25) is 0 Å². The van der Waals surface area contributed by atoms with E-state index in [4.69, 9.17) is 10.7 Å². The molecule has 3 rings (SSSR count). The van der Waals surface area contributed by atoms with Crippen molar-refractivity contribution in [2.75, 3.05) is 32.1 Å². The number of aromatic nitrogens is 1. The summed E-state index contributed by atoms with van der Waals surface area (Å²) >= 11 is 0. The largest absolute Gasteiger partial charge is 0.355 e. The molecule has 2 heterocycles. The molecule has 1 aromatic carbocycles. The van der Waals surface area contributed by atoms with Gasteiger partial charge in [-0.15, -0.1) is 0 Å². The van der Waals surface area contributed by atoms with Gasteiger partial charge in [-0.2, -0.15) is 0 Å². The third-order valence-corrected chi connectivity index (χ3v) is 4.46. The SMILES string of the molecule is CN1CCCC(N(C)c2nc(CN)cc3ccccc23)C1. The Balaban J connectivity index is 2.01. The zero-order valence-electron chi connectivity index (χ0n) is 12.9. The molecule has 2 N–H and O–H groups in total. The number of anilines is 1. The van der Waals surface area contributed by atoms with Gasteiger partial charge in [-0.25, -0.2) is 4.98 Å². The summed E-state index contributed by atoms with van der Waals surface area (Å²) in [5.74, 6) is 1.06. The summed E-state index contributed by atoms with van der Waals surface area (Å²) in [7, 11) is 4.36. The quantitative estimate of drug-likeness (QED) is 0.939. The Morgan fingerprint density at radius 1 is 1.38 bits per heavy atom. The first-order valence-corrected chi connectivity index (χ1v) is 7.69. The van der Waals surface area contributed by atoms with Crippen LogP contribution < -0.4 is 10.6 Å². The molecular weight excluding hydrogens is 260 g/mol. The van der Waals surface area contributed by atoms with Gasteiger partial charge in [0.25, 0.3) is 0 Å². The van der Waals surface area contributed by atoms with Gasteiger partial charge in [-0.05, 0) is 37.9 Å². The van der Waals surface area contributed by atoms with E-state index in [9.17, 15) is 0 Å². The first-order chi connectivity index (χ1) is 10.2. The number of rotatable bonds is 3. The van der Waals surface area contributed by atoms with Crippen LogP contribution in [0.3, 0.4) is 0 Å². The summed E-state index contributed by atoms with van der Waals surface area (Å²) in [6.45, 7) is 2.77. The average molecular weight is 284 g/mol. The van der Waals surface area contributed by atoms with E-state index in [2.05, 4.69) is 54.2 Å². The molecule has 1 aliphatic heterocycles. The second-order valence-corrected chi connectivity index (χ2v) is 6.03. The molecule has 21 heavy (non-hydrogen) atoms. The summed E-state index contributed by atoms with van der Waals surface area (Å²) < 4.78 is 0. The first kappa shape index (κ1) is 14.3. The molecule has 4 heteroatoms. The summed E-state index contributed by atoms with van der Waals surface area (Å²) in [5, 5.41) is 2.43. The number of pyridine rings is 1. The van der Waals surface area contributed by atoms with E-state index in [1.165, 1.54) is 30.2 Å². The molecule has 0 spiro atoms. The number of hydrogen-bond donors (Lipinski definition) is 1. The topological polar surface area (TPSA) is 45.4 Å². The van der Waals surface area contributed by atoms with Crippen LogP contribution in [0.25, 0.3) is 10.8 Å². The molecule has 1 aliphatic rings. The van der Waals surface area contributed by atoms with Gasteiger partial charge in [-0.3, -0.25) is 0 Å². The number of benzene rings is 1. The molecule has 0 bridgehead atoms. The Hall–Kier alpha value is -1.65. The van der Waals surface area contributed by atoms with Crippen LogP contribution in [0.4, 0.5) is 5.82 Å². The fraction of sp³-hybridized carbons (Fsp3) is 0.471. The molecule has 0 aliphatic carbocycles. The van der Waals surface area contributed by atoms with Gasteiger partial charge in [0, 0.05) is 31.6 Å². The lowest BCUT2D eigenvalue weighted by Crippen LogP contribution is -2.45. The van der Waals surface area contributed by atoms with Crippen molar-refractivity contribution in [3.63, 3.8) is 0 Å². The van der Waals surface area contributed by atoms with E-state index in [-0.39, 0.29) is 0 Å². The van der Waals surface area contributed by atoms with Crippen molar-refractivity contribution >= 4 is 16.6 Å². The second-order valence-electron chi connectivity index (χ2n) is 6.03. The van der Waals surface area contributed by atoms with Crippen LogP contribution in [0.5, 0.6) is 0 Å². The van der Waals surface area contributed by atoms with Gasteiger partial charge in [0.2, 0.25) is 0 Å². The lowest BCUT2D eigenvalue weighted by molar-refractivity contribution is 0.247. The second kappa shape index (κ2) is 6.00. The smallest absolute Gasteiger partial charge is 0.136 e. The highest BCUT2D eigenvalue weighted by atomic mass is 15.2. The Morgan fingerprint density at radius 2 is 2.19 bits per heavy atom. The lowest BCUT2D eigenvalue weighted by atomic mass is 10.0. The van der Waals surface area contributed by atoms with Crippen molar-refractivity contribution in [3.05, 3.63) is 36.0 Å². The molecule has 0 saturated carbocycles. The van der Waals surface area contributed by atoms with E-state index in [0.29, 0.717) is 12.6 Å². The number of piperidine rings is 1. The zero-order valence-corrected chi connectivity index (χ0v) is 12.9. The Bertz CT molecular complexity index is 625. The maximum absolute atomic E-state index is 5.82. The highest BCUT2D eigenvalue weighted by molar-refractivity contribution is 5.92. The van der Waals surface area contributed by atoms with Gasteiger partial charge >= 0.3 is 0 Å². The maximum Gasteiger partial charge on any atom is 0.136 e. The lowest BCUT2D eigenvalue weighted by Gasteiger charge is -2.37. The van der Waals surface area contributed by atoms with E-state index in [1.807, 2.05) is 0 Å². The van der Waals surface area contributed by atoms with Crippen molar-refractivity contribution in [2.24, 2.45) is 5.73 Å². The number of fused-ring (bicyclic) bond motifs is 1. The molecule has 0 radical (unpaired) electrons. The third kappa shape index (κ3) is 2.87. The normalized spacial score (nSPS) is 19.9. The minimum atomic E-state index is 0.482. The van der Waals surface area contributed by atoms with Gasteiger partial charge in [0.1, 0.15) is 5.82 Å². The standard InChI is InChI=1S/C17H24N4/c1-20-9-5-7-15(12-20)21(2)17-16-8-4-3-6-13(16)10-14(11-18)19-17/h3-4,6,8,10,15H,5,7,9,11-12,18H2,1-2H3. The van der Waals surface area contributed by atoms with Gasteiger partial charge in [0.15, 0.2) is 0 Å². The fourth-order valence-corrected chi connectivity index (χ4v) is 3.24. The summed E-state index contributed by atoms with van der Waals surface area (Å²) in [6.07, 6.45) is 2.48. The fourth-order valence-electron chi connectivity index (χ4n) is 3.24. The van der Waals surface area contributed by atoms with E-state index in [1.54, 1.807) is 0 Å². The molecule has 0 amide bonds. The van der Waals surface area contributed by atoms with Crippen molar-refractivity contribution in [3.8, 4) is 0 Å². The predicted octanol–water partition coefficient (Wildman–Crippen LogP) is 2.22. The van der Waals surface area contributed by atoms with Crippen molar-refractivity contribution in [2.45, 2.75) is 25.4 Å². The van der Waals surface area contributed by atoms with Crippen LogP contribution in [0.15, 0.2) is 30.3 Å². The number of hydrogen-bond acceptors (Lipinski definition) is 4. The number of likely N-dealkylation sites (N-methyl/N-ethyl adjacent to an activating group) is 2. The van der Waals surface area contributed by atoms with Crippen LogP contribution in [0.1, 0.15) is 18.5 Å². The molecular formula is C17H24N4. The van der Waals surface area contributed by atoms with Crippen LogP contribution in [0, 0.1) is 0 Å². The van der Waals surface area contributed by atoms with Crippen molar-refractivity contribution < 1.29 is 0 Å². The van der Waals surface area contributed by atoms with Crippen molar-refractivity contribution in [1.82, 2.24) is 9.88 Å². The molecule has 1 unspecified atom stereocenters. The Kier molecular flexibility index (Phi) is 4.08. The number of likely N-dealkylation sites (tertiary alicyclic amines) is 1. The van der Waals surface area contributed by atoms with E-state index in [0.717, 1.165) is 18.1 Å². The first-order valence-electron chi connectivity index (χ1n) is 7.69. The molecule has 4 nitrogen and oxygen atoms in total. The summed E-state index contributed by atoms with van der Waals surface area (Å²) in [6, 6.07) is 11.1. The number of nitrogens with zero attached hydrogens (tertiary/aromatic N) is 3. The molecule has 1 aromatic heterocycles. The van der Waals surface area contributed by atoms with Gasteiger partial charge in [-0.1, -0.05) is 24.3 Å². The molecule has 2 aromatic rings. The predicted molar refractivity (Wildman–Crippen MR) is 88.6 cm³/mol. The monoisotopic (exact) mass is 284 g/mol. The molecule has 1 fully saturated rings.